The fourth-order valence-electron chi connectivity index (χ4n) is 1.89. The molecule has 0 radical (unpaired) electrons. The van der Waals surface area contributed by atoms with Crippen molar-refractivity contribution in [2.45, 2.75) is 4.90 Å². The Morgan fingerprint density at radius 3 is 2.63 bits per heavy atom. The predicted molar refractivity (Wildman–Crippen MR) is 78.6 cm³/mol. The lowest BCUT2D eigenvalue weighted by Gasteiger charge is -2.12. The number of sulfone groups is 1. The van der Waals surface area contributed by atoms with Crippen molar-refractivity contribution in [3.8, 4) is 17.0 Å². The quantitative estimate of drug-likeness (QED) is 0.849. The fraction of sp³-hybridized carbons (Fsp3) is 0.231. The highest BCUT2D eigenvalue weighted by Crippen LogP contribution is 2.35. The Hall–Kier alpha value is -1.27. The molecule has 0 aliphatic rings. The van der Waals surface area contributed by atoms with Gasteiger partial charge in [0.2, 0.25) is 0 Å². The lowest BCUT2D eigenvalue weighted by atomic mass is 10.1. The van der Waals surface area contributed by atoms with Crippen molar-refractivity contribution in [1.29, 1.82) is 0 Å². The third kappa shape index (κ3) is 2.84. The second-order valence-electron chi connectivity index (χ2n) is 3.93. The van der Waals surface area contributed by atoms with Crippen LogP contribution in [-0.2, 0) is 9.84 Å². The van der Waals surface area contributed by atoms with E-state index in [2.05, 4.69) is 20.9 Å². The first-order valence-corrected chi connectivity index (χ1v) is 8.47. The number of hydrogen-bond donors (Lipinski definition) is 1. The van der Waals surface area contributed by atoms with Crippen molar-refractivity contribution in [2.24, 2.45) is 0 Å². The summed E-state index contributed by atoms with van der Waals surface area (Å²) in [6.45, 7) is 0. The Kier molecular flexibility index (Phi) is 4.31. The molecule has 0 amide bonds. The Morgan fingerprint density at radius 2 is 2.05 bits per heavy atom. The molecule has 1 aromatic carbocycles. The van der Waals surface area contributed by atoms with Gasteiger partial charge in [-0.2, -0.15) is 0 Å². The van der Waals surface area contributed by atoms with E-state index in [4.69, 9.17) is 4.74 Å². The minimum absolute atomic E-state index is 0.0392. The standard InChI is InChI=1S/C13H14BrNO3S/c1-18-13-10(11-5-3-8-15-11)4-2-6-12(13)19(16,17)9-7-14/h2-6,8,15H,7,9H2,1H3. The van der Waals surface area contributed by atoms with Gasteiger partial charge >= 0.3 is 0 Å². The molecule has 0 atom stereocenters. The summed E-state index contributed by atoms with van der Waals surface area (Å²) < 4.78 is 29.7. The van der Waals surface area contributed by atoms with Gasteiger partial charge in [0.05, 0.1) is 12.9 Å². The summed E-state index contributed by atoms with van der Waals surface area (Å²) in [5, 5.41) is 0.394. The van der Waals surface area contributed by atoms with Gasteiger partial charge in [-0.15, -0.1) is 0 Å². The molecule has 102 valence electrons. The van der Waals surface area contributed by atoms with Crippen LogP contribution in [0.25, 0.3) is 11.3 Å². The van der Waals surface area contributed by atoms with Gasteiger partial charge in [-0.25, -0.2) is 8.42 Å². The molecule has 0 bridgehead atoms. The van der Waals surface area contributed by atoms with E-state index in [1.807, 2.05) is 18.2 Å². The van der Waals surface area contributed by atoms with Gasteiger partial charge in [0.15, 0.2) is 9.84 Å². The van der Waals surface area contributed by atoms with Crippen LogP contribution in [0.4, 0.5) is 0 Å². The number of H-pyrrole nitrogens is 1. The van der Waals surface area contributed by atoms with E-state index < -0.39 is 9.84 Å². The molecule has 1 N–H and O–H groups in total. The first-order chi connectivity index (χ1) is 9.10. The van der Waals surface area contributed by atoms with Crippen molar-refractivity contribution >= 4 is 25.8 Å². The van der Waals surface area contributed by atoms with Gasteiger partial charge < -0.3 is 9.72 Å². The normalized spacial score (nSPS) is 11.5. The predicted octanol–water partition coefficient (Wildman–Crippen LogP) is 2.86. The highest BCUT2D eigenvalue weighted by Gasteiger charge is 2.21. The maximum atomic E-state index is 12.2. The van der Waals surface area contributed by atoms with Crippen LogP contribution >= 0.6 is 15.9 Å². The van der Waals surface area contributed by atoms with Crippen LogP contribution in [0, 0.1) is 0 Å². The third-order valence-corrected chi connectivity index (χ3v) is 5.41. The molecule has 4 nitrogen and oxygen atoms in total. The molecule has 0 saturated carbocycles. The summed E-state index contributed by atoms with van der Waals surface area (Å²) in [5.41, 5.74) is 1.57. The Labute approximate surface area is 120 Å². The number of aromatic nitrogens is 1. The van der Waals surface area contributed by atoms with Gasteiger partial charge in [0, 0.05) is 22.8 Å². The van der Waals surface area contributed by atoms with E-state index in [1.165, 1.54) is 7.11 Å². The van der Waals surface area contributed by atoms with Crippen LogP contribution in [-0.4, -0.2) is 31.6 Å². The first kappa shape index (κ1) is 14.1. The molecule has 19 heavy (non-hydrogen) atoms. The van der Waals surface area contributed by atoms with Crippen LogP contribution < -0.4 is 4.74 Å². The van der Waals surface area contributed by atoms with Gasteiger partial charge in [0.25, 0.3) is 0 Å². The molecule has 0 spiro atoms. The largest absolute Gasteiger partial charge is 0.495 e. The van der Waals surface area contributed by atoms with Gasteiger partial charge in [-0.1, -0.05) is 22.0 Å². The summed E-state index contributed by atoms with van der Waals surface area (Å²) >= 11 is 3.16. The van der Waals surface area contributed by atoms with Crippen LogP contribution in [0.1, 0.15) is 0 Å². The maximum Gasteiger partial charge on any atom is 0.182 e. The van der Waals surface area contributed by atoms with Crippen LogP contribution in [0.2, 0.25) is 0 Å². The number of rotatable bonds is 5. The molecular weight excluding hydrogens is 330 g/mol. The number of hydrogen-bond acceptors (Lipinski definition) is 3. The monoisotopic (exact) mass is 343 g/mol. The number of methoxy groups -OCH3 is 1. The number of nitrogens with one attached hydrogen (secondary N) is 1. The molecule has 2 rings (SSSR count). The summed E-state index contributed by atoms with van der Waals surface area (Å²) in [6.07, 6.45) is 1.79. The van der Waals surface area contributed by atoms with E-state index in [9.17, 15) is 8.42 Å². The van der Waals surface area contributed by atoms with Crippen molar-refractivity contribution in [2.75, 3.05) is 18.2 Å². The molecule has 6 heteroatoms. The number of ether oxygens (including phenoxy) is 1. The Bertz CT molecular complexity index is 651. The van der Waals surface area contributed by atoms with Crippen LogP contribution in [0.5, 0.6) is 5.75 Å². The Balaban J connectivity index is 2.62. The van der Waals surface area contributed by atoms with Gasteiger partial charge in [-0.05, 0) is 24.3 Å². The maximum absolute atomic E-state index is 12.2. The van der Waals surface area contributed by atoms with Crippen molar-refractivity contribution in [1.82, 2.24) is 4.98 Å². The van der Waals surface area contributed by atoms with Crippen molar-refractivity contribution < 1.29 is 13.2 Å². The number of halogens is 1. The molecule has 0 aliphatic carbocycles. The topological polar surface area (TPSA) is 59.2 Å². The van der Waals surface area contributed by atoms with E-state index in [0.717, 1.165) is 11.3 Å². The minimum atomic E-state index is -3.35. The number of para-hydroxylation sites is 1. The smallest absolute Gasteiger partial charge is 0.182 e. The zero-order chi connectivity index (χ0) is 13.9. The molecule has 0 saturated heterocycles. The zero-order valence-corrected chi connectivity index (χ0v) is 12.8. The molecule has 0 unspecified atom stereocenters. The molecule has 0 aliphatic heterocycles. The number of aromatic amines is 1. The van der Waals surface area contributed by atoms with E-state index in [0.29, 0.717) is 11.1 Å². The molecular formula is C13H14BrNO3S. The minimum Gasteiger partial charge on any atom is -0.495 e. The molecule has 0 fully saturated rings. The summed E-state index contributed by atoms with van der Waals surface area (Å²) in [6, 6.07) is 8.86. The highest BCUT2D eigenvalue weighted by atomic mass is 79.9. The summed E-state index contributed by atoms with van der Waals surface area (Å²) in [7, 11) is -1.87. The van der Waals surface area contributed by atoms with Crippen molar-refractivity contribution in [3.63, 3.8) is 0 Å². The van der Waals surface area contributed by atoms with Crippen LogP contribution in [0.3, 0.4) is 0 Å². The summed E-state index contributed by atoms with van der Waals surface area (Å²) in [4.78, 5) is 3.28. The van der Waals surface area contributed by atoms with E-state index in [-0.39, 0.29) is 10.6 Å². The van der Waals surface area contributed by atoms with Crippen LogP contribution in [0.15, 0.2) is 41.4 Å². The average Bonchev–Trinajstić information content (AvgIpc) is 2.91. The van der Waals surface area contributed by atoms with Crippen molar-refractivity contribution in [3.05, 3.63) is 36.5 Å². The SMILES string of the molecule is COc1c(-c2ccc[nH]2)cccc1S(=O)(=O)CCBr. The number of alkyl halides is 1. The molecule has 1 heterocycles. The lowest BCUT2D eigenvalue weighted by Crippen LogP contribution is -2.09. The number of benzene rings is 1. The zero-order valence-electron chi connectivity index (χ0n) is 10.4. The molecule has 1 aromatic heterocycles. The fourth-order valence-corrected chi connectivity index (χ4v) is 4.36. The summed E-state index contributed by atoms with van der Waals surface area (Å²) in [5.74, 6) is 0.420. The van der Waals surface area contributed by atoms with E-state index >= 15 is 0 Å². The lowest BCUT2D eigenvalue weighted by molar-refractivity contribution is 0.404. The average molecular weight is 344 g/mol. The first-order valence-electron chi connectivity index (χ1n) is 5.69. The van der Waals surface area contributed by atoms with Gasteiger partial charge in [-0.3, -0.25) is 0 Å². The second kappa shape index (κ2) is 5.79. The van der Waals surface area contributed by atoms with E-state index in [1.54, 1.807) is 18.3 Å². The second-order valence-corrected chi connectivity index (χ2v) is 6.80. The highest BCUT2D eigenvalue weighted by molar-refractivity contribution is 9.09. The van der Waals surface area contributed by atoms with Gasteiger partial charge in [0.1, 0.15) is 10.6 Å². The third-order valence-electron chi connectivity index (χ3n) is 2.75. The Morgan fingerprint density at radius 1 is 1.26 bits per heavy atom. The molecule has 2 aromatic rings.